The van der Waals surface area contributed by atoms with E-state index >= 15 is 0 Å². The Hall–Kier alpha value is -1.47. The molecule has 1 aromatic carbocycles. The first kappa shape index (κ1) is 14.6. The van der Waals surface area contributed by atoms with Crippen molar-refractivity contribution in [3.63, 3.8) is 0 Å². The molecule has 0 heterocycles. The number of non-ortho nitro benzene ring substituents is 1. The number of nitro groups is 1. The van der Waals surface area contributed by atoms with Gasteiger partial charge in [-0.25, -0.2) is 0 Å². The van der Waals surface area contributed by atoms with Crippen molar-refractivity contribution in [1.82, 2.24) is 5.32 Å². The van der Waals surface area contributed by atoms with Crippen LogP contribution in [0.2, 0.25) is 0 Å². The Morgan fingerprint density at radius 1 is 1.61 bits per heavy atom. The van der Waals surface area contributed by atoms with E-state index in [-0.39, 0.29) is 23.2 Å². The van der Waals surface area contributed by atoms with E-state index in [4.69, 9.17) is 5.73 Å². The first-order valence-corrected chi connectivity index (χ1v) is 6.23. The first-order chi connectivity index (χ1) is 8.49. The maximum atomic E-state index is 11.9. The van der Waals surface area contributed by atoms with E-state index < -0.39 is 4.92 Å². The quantitative estimate of drug-likeness (QED) is 0.639. The lowest BCUT2D eigenvalue weighted by atomic mass is 10.1. The van der Waals surface area contributed by atoms with Gasteiger partial charge in [-0.05, 0) is 28.4 Å². The molecule has 0 spiro atoms. The van der Waals surface area contributed by atoms with E-state index in [0.717, 1.165) is 0 Å². The van der Waals surface area contributed by atoms with Crippen LogP contribution in [-0.4, -0.2) is 23.4 Å². The molecule has 0 aliphatic carbocycles. The Kier molecular flexibility index (Phi) is 5.24. The van der Waals surface area contributed by atoms with E-state index in [1.165, 1.54) is 18.2 Å². The minimum absolute atomic E-state index is 0.121. The van der Waals surface area contributed by atoms with Gasteiger partial charge in [-0.1, -0.05) is 6.92 Å². The molecule has 1 unspecified atom stereocenters. The lowest BCUT2D eigenvalue weighted by molar-refractivity contribution is -0.384. The van der Waals surface area contributed by atoms with Crippen LogP contribution >= 0.6 is 15.9 Å². The van der Waals surface area contributed by atoms with Crippen LogP contribution in [0.4, 0.5) is 5.69 Å². The van der Waals surface area contributed by atoms with Crippen molar-refractivity contribution in [1.29, 1.82) is 0 Å². The van der Waals surface area contributed by atoms with Crippen LogP contribution < -0.4 is 11.1 Å². The number of benzene rings is 1. The second-order valence-corrected chi connectivity index (χ2v) is 4.59. The zero-order chi connectivity index (χ0) is 13.7. The molecule has 0 saturated carbocycles. The topological polar surface area (TPSA) is 98.3 Å². The smallest absolute Gasteiger partial charge is 0.270 e. The van der Waals surface area contributed by atoms with Gasteiger partial charge in [-0.3, -0.25) is 14.9 Å². The highest BCUT2D eigenvalue weighted by Crippen LogP contribution is 2.22. The molecule has 18 heavy (non-hydrogen) atoms. The van der Waals surface area contributed by atoms with Crippen molar-refractivity contribution < 1.29 is 9.72 Å². The summed E-state index contributed by atoms with van der Waals surface area (Å²) in [5.74, 6) is -0.372. The van der Waals surface area contributed by atoms with Crippen molar-refractivity contribution in [2.45, 2.75) is 19.4 Å². The van der Waals surface area contributed by atoms with Gasteiger partial charge < -0.3 is 11.1 Å². The average molecular weight is 316 g/mol. The number of halogens is 1. The number of rotatable bonds is 5. The molecular formula is C11H14BrN3O3. The lowest BCUT2D eigenvalue weighted by Crippen LogP contribution is -2.39. The van der Waals surface area contributed by atoms with E-state index in [9.17, 15) is 14.9 Å². The van der Waals surface area contributed by atoms with Crippen LogP contribution in [0.1, 0.15) is 23.7 Å². The molecule has 0 aliphatic rings. The molecule has 7 heteroatoms. The lowest BCUT2D eigenvalue weighted by Gasteiger charge is -2.15. The summed E-state index contributed by atoms with van der Waals surface area (Å²) in [5.41, 5.74) is 5.60. The summed E-state index contributed by atoms with van der Waals surface area (Å²) in [6.07, 6.45) is 0.703. The second kappa shape index (κ2) is 6.46. The summed E-state index contributed by atoms with van der Waals surface area (Å²) in [7, 11) is 0. The fourth-order valence-corrected chi connectivity index (χ4v) is 1.82. The van der Waals surface area contributed by atoms with Gasteiger partial charge in [0.15, 0.2) is 0 Å². The number of carbonyl (C=O) groups is 1. The molecule has 0 aromatic heterocycles. The molecule has 0 fully saturated rings. The summed E-state index contributed by atoms with van der Waals surface area (Å²) in [5, 5.41) is 13.4. The minimum atomic E-state index is -0.538. The molecule has 1 aromatic rings. The maximum Gasteiger partial charge on any atom is 0.270 e. The zero-order valence-corrected chi connectivity index (χ0v) is 11.4. The molecule has 6 nitrogen and oxygen atoms in total. The highest BCUT2D eigenvalue weighted by molar-refractivity contribution is 9.10. The standard InChI is InChI=1S/C11H14BrN3O3/c1-2-7(6-13)14-11(16)9-5-8(15(17)18)3-4-10(9)12/h3-5,7H,2,6,13H2,1H3,(H,14,16). The molecule has 0 saturated heterocycles. The minimum Gasteiger partial charge on any atom is -0.348 e. The van der Waals surface area contributed by atoms with Crippen LogP contribution in [0, 0.1) is 10.1 Å². The van der Waals surface area contributed by atoms with Gasteiger partial charge in [0.2, 0.25) is 0 Å². The number of nitrogens with zero attached hydrogens (tertiary/aromatic N) is 1. The number of nitro benzene ring substituents is 1. The molecule has 1 atom stereocenters. The number of nitrogens with two attached hydrogens (primary N) is 1. The molecule has 1 amide bonds. The summed E-state index contributed by atoms with van der Waals surface area (Å²) in [6, 6.07) is 3.92. The van der Waals surface area contributed by atoms with Gasteiger partial charge in [0, 0.05) is 29.2 Å². The Balaban J connectivity index is 2.97. The van der Waals surface area contributed by atoms with Gasteiger partial charge in [0.1, 0.15) is 0 Å². The van der Waals surface area contributed by atoms with Gasteiger partial charge in [0.25, 0.3) is 11.6 Å². The molecule has 3 N–H and O–H groups in total. The monoisotopic (exact) mass is 315 g/mol. The fraction of sp³-hybridized carbons (Fsp3) is 0.364. The van der Waals surface area contributed by atoms with E-state index in [1.807, 2.05) is 6.92 Å². The van der Waals surface area contributed by atoms with Crippen LogP contribution in [0.5, 0.6) is 0 Å². The van der Waals surface area contributed by atoms with Crippen molar-refractivity contribution in [3.8, 4) is 0 Å². The molecule has 0 radical (unpaired) electrons. The summed E-state index contributed by atoms with van der Waals surface area (Å²) >= 11 is 3.20. The third kappa shape index (κ3) is 3.51. The Morgan fingerprint density at radius 3 is 2.78 bits per heavy atom. The summed E-state index contributed by atoms with van der Waals surface area (Å²) in [6.45, 7) is 2.23. The Morgan fingerprint density at radius 2 is 2.28 bits per heavy atom. The Bertz CT molecular complexity index is 461. The largest absolute Gasteiger partial charge is 0.348 e. The molecule has 0 aliphatic heterocycles. The van der Waals surface area contributed by atoms with Crippen LogP contribution in [-0.2, 0) is 0 Å². The highest BCUT2D eigenvalue weighted by atomic mass is 79.9. The highest BCUT2D eigenvalue weighted by Gasteiger charge is 2.17. The van der Waals surface area contributed by atoms with Crippen molar-refractivity contribution >= 4 is 27.5 Å². The summed E-state index contributed by atoms with van der Waals surface area (Å²) < 4.78 is 0.512. The van der Waals surface area contributed by atoms with Gasteiger partial charge in [-0.2, -0.15) is 0 Å². The number of hydrogen-bond donors (Lipinski definition) is 2. The third-order valence-electron chi connectivity index (χ3n) is 2.52. The van der Waals surface area contributed by atoms with Crippen molar-refractivity contribution in [2.75, 3.05) is 6.54 Å². The summed E-state index contributed by atoms with van der Waals surface area (Å²) in [4.78, 5) is 22.1. The first-order valence-electron chi connectivity index (χ1n) is 5.44. The number of hydrogen-bond acceptors (Lipinski definition) is 4. The van der Waals surface area contributed by atoms with E-state index in [1.54, 1.807) is 0 Å². The zero-order valence-electron chi connectivity index (χ0n) is 9.85. The van der Waals surface area contributed by atoms with Crippen LogP contribution in [0.25, 0.3) is 0 Å². The second-order valence-electron chi connectivity index (χ2n) is 3.74. The number of amides is 1. The number of nitrogens with one attached hydrogen (secondary N) is 1. The predicted octanol–water partition coefficient (Wildman–Crippen LogP) is 1.82. The van der Waals surface area contributed by atoms with Gasteiger partial charge in [-0.15, -0.1) is 0 Å². The fourth-order valence-electron chi connectivity index (χ4n) is 1.39. The van der Waals surface area contributed by atoms with Crippen LogP contribution in [0.3, 0.4) is 0 Å². The maximum absolute atomic E-state index is 11.9. The van der Waals surface area contributed by atoms with E-state index in [0.29, 0.717) is 17.4 Å². The number of carbonyl (C=O) groups excluding carboxylic acids is 1. The molecule has 1 rings (SSSR count). The Labute approximate surface area is 113 Å². The van der Waals surface area contributed by atoms with E-state index in [2.05, 4.69) is 21.2 Å². The van der Waals surface area contributed by atoms with Crippen LogP contribution in [0.15, 0.2) is 22.7 Å². The molecular weight excluding hydrogens is 302 g/mol. The normalized spacial score (nSPS) is 11.9. The SMILES string of the molecule is CCC(CN)NC(=O)c1cc([N+](=O)[O-])ccc1Br. The molecule has 0 bridgehead atoms. The third-order valence-corrected chi connectivity index (χ3v) is 3.21. The van der Waals surface area contributed by atoms with Gasteiger partial charge >= 0.3 is 0 Å². The molecule has 98 valence electrons. The van der Waals surface area contributed by atoms with Crippen molar-refractivity contribution in [3.05, 3.63) is 38.3 Å². The van der Waals surface area contributed by atoms with Crippen molar-refractivity contribution in [2.24, 2.45) is 5.73 Å². The average Bonchev–Trinajstić information content (AvgIpc) is 2.35. The van der Waals surface area contributed by atoms with Gasteiger partial charge in [0.05, 0.1) is 10.5 Å². The predicted molar refractivity (Wildman–Crippen MR) is 71.4 cm³/mol.